The molecule has 260 valence electrons. The van der Waals surface area contributed by atoms with Crippen LogP contribution in [0.1, 0.15) is 0 Å². The van der Waals surface area contributed by atoms with Crippen molar-refractivity contribution in [1.29, 1.82) is 0 Å². The molecule has 0 spiro atoms. The summed E-state index contributed by atoms with van der Waals surface area (Å²) < 4.78 is 6.41. The number of furan rings is 1. The molecule has 0 atom stereocenters. The molecule has 0 amide bonds. The molecule has 0 aliphatic carbocycles. The molecular formula is C52H33BN2O. The first-order valence-corrected chi connectivity index (χ1v) is 19.3. The van der Waals surface area contributed by atoms with Gasteiger partial charge in [-0.05, 0) is 110 Å². The minimum Gasteiger partial charge on any atom is -0.456 e. The van der Waals surface area contributed by atoms with Gasteiger partial charge in [-0.1, -0.05) is 140 Å². The highest BCUT2D eigenvalue weighted by molar-refractivity contribution is 7.00. The summed E-state index contributed by atoms with van der Waals surface area (Å²) in [5, 5.41) is 4.77. The highest BCUT2D eigenvalue weighted by Crippen LogP contribution is 2.45. The molecule has 1 aromatic heterocycles. The van der Waals surface area contributed by atoms with Crippen molar-refractivity contribution in [3.8, 4) is 22.3 Å². The highest BCUT2D eigenvalue weighted by Gasteiger charge is 2.43. The molecule has 0 saturated carbocycles. The Kier molecular flexibility index (Phi) is 6.72. The van der Waals surface area contributed by atoms with E-state index in [2.05, 4.69) is 204 Å². The number of nitrogens with zero attached hydrogens (tertiary/aromatic N) is 2. The Morgan fingerprint density at radius 2 is 0.911 bits per heavy atom. The van der Waals surface area contributed by atoms with Gasteiger partial charge in [0.25, 0.3) is 6.71 Å². The molecule has 2 aliphatic heterocycles. The van der Waals surface area contributed by atoms with Crippen LogP contribution in [0.2, 0.25) is 0 Å². The average Bonchev–Trinajstić information content (AvgIpc) is 3.65. The highest BCUT2D eigenvalue weighted by atomic mass is 16.3. The van der Waals surface area contributed by atoms with E-state index < -0.39 is 0 Å². The van der Waals surface area contributed by atoms with E-state index in [1.54, 1.807) is 0 Å². The minimum absolute atomic E-state index is 0.0881. The van der Waals surface area contributed by atoms with E-state index in [-0.39, 0.29) is 6.71 Å². The summed E-state index contributed by atoms with van der Waals surface area (Å²) in [7, 11) is 0. The van der Waals surface area contributed by atoms with Crippen molar-refractivity contribution in [1.82, 2.24) is 0 Å². The standard InChI is InChI=1S/C52H33BN2O/c1-3-14-37(15-4-1)54-45-22-11-10-21-43(45)53-44-31-30-36(32-48(44)55(38-16-5-2-6-17-38)47-24-13-23-46(54)52(47)53)34-26-28-35(29-27-34)42-33-50-51(40-19-8-7-18-39(40)42)41-20-9-12-25-49(41)56-50/h1-33H. The Morgan fingerprint density at radius 3 is 1.66 bits per heavy atom. The van der Waals surface area contributed by atoms with Gasteiger partial charge in [0, 0.05) is 44.9 Å². The third-order valence-corrected chi connectivity index (χ3v) is 11.8. The lowest BCUT2D eigenvalue weighted by molar-refractivity contribution is 0.669. The van der Waals surface area contributed by atoms with Crippen molar-refractivity contribution in [3.05, 3.63) is 200 Å². The third kappa shape index (κ3) is 4.53. The molecular weight excluding hydrogens is 679 g/mol. The Labute approximate surface area is 325 Å². The summed E-state index contributed by atoms with van der Waals surface area (Å²) in [6.45, 7) is 0.0881. The zero-order valence-corrected chi connectivity index (χ0v) is 30.4. The first-order valence-electron chi connectivity index (χ1n) is 19.3. The smallest absolute Gasteiger partial charge is 0.252 e. The maximum Gasteiger partial charge on any atom is 0.252 e. The Morgan fingerprint density at radius 1 is 0.357 bits per heavy atom. The summed E-state index contributed by atoms with van der Waals surface area (Å²) in [5.41, 5.74) is 17.6. The van der Waals surface area contributed by atoms with Crippen LogP contribution in [0.15, 0.2) is 205 Å². The zero-order chi connectivity index (χ0) is 36.7. The number of rotatable bonds is 4. The summed E-state index contributed by atoms with van der Waals surface area (Å²) in [6, 6.07) is 72.7. The van der Waals surface area contributed by atoms with E-state index in [4.69, 9.17) is 4.42 Å². The first kappa shape index (κ1) is 31.1. The Hall–Kier alpha value is -7.30. The van der Waals surface area contributed by atoms with E-state index in [0.29, 0.717) is 0 Å². The Bertz CT molecular complexity index is 3150. The van der Waals surface area contributed by atoms with Crippen LogP contribution in [0, 0.1) is 0 Å². The topological polar surface area (TPSA) is 19.6 Å². The maximum absolute atomic E-state index is 6.41. The second-order valence-electron chi connectivity index (χ2n) is 14.8. The zero-order valence-electron chi connectivity index (χ0n) is 30.4. The molecule has 0 saturated heterocycles. The molecule has 10 aromatic rings. The van der Waals surface area contributed by atoms with Crippen LogP contribution in [0.5, 0.6) is 0 Å². The predicted octanol–water partition coefficient (Wildman–Crippen LogP) is 12.2. The lowest BCUT2D eigenvalue weighted by Crippen LogP contribution is -2.61. The lowest BCUT2D eigenvalue weighted by Gasteiger charge is -2.44. The number of anilines is 6. The largest absolute Gasteiger partial charge is 0.456 e. The van der Waals surface area contributed by atoms with Gasteiger partial charge in [0.2, 0.25) is 0 Å². The molecule has 3 nitrogen and oxygen atoms in total. The van der Waals surface area contributed by atoms with Gasteiger partial charge < -0.3 is 14.2 Å². The van der Waals surface area contributed by atoms with E-state index in [1.165, 1.54) is 77.6 Å². The molecule has 9 aromatic carbocycles. The predicted molar refractivity (Wildman–Crippen MR) is 236 cm³/mol. The van der Waals surface area contributed by atoms with Crippen molar-refractivity contribution in [3.63, 3.8) is 0 Å². The molecule has 0 N–H and O–H groups in total. The van der Waals surface area contributed by atoms with Crippen LogP contribution in [0.3, 0.4) is 0 Å². The van der Waals surface area contributed by atoms with Gasteiger partial charge in [-0.3, -0.25) is 0 Å². The quantitative estimate of drug-likeness (QED) is 0.169. The molecule has 0 bridgehead atoms. The van der Waals surface area contributed by atoms with E-state index in [1.807, 2.05) is 6.07 Å². The van der Waals surface area contributed by atoms with Gasteiger partial charge in [-0.15, -0.1) is 0 Å². The Balaban J connectivity index is 1.01. The van der Waals surface area contributed by atoms with Gasteiger partial charge >= 0.3 is 0 Å². The van der Waals surface area contributed by atoms with Crippen LogP contribution in [0.4, 0.5) is 34.1 Å². The molecule has 0 fully saturated rings. The molecule has 0 radical (unpaired) electrons. The van der Waals surface area contributed by atoms with Crippen molar-refractivity contribution < 1.29 is 4.42 Å². The fourth-order valence-corrected chi connectivity index (χ4v) is 9.44. The second kappa shape index (κ2) is 12.1. The first-order chi connectivity index (χ1) is 27.8. The summed E-state index contributed by atoms with van der Waals surface area (Å²) in [4.78, 5) is 4.90. The SMILES string of the molecule is c1ccc(N2c3ccccc3B3c4ccc(-c5ccc(-c6cc7oc8ccccc8c7c7ccccc67)cc5)cc4N(c4ccccc4)c4cccc2c43)cc1. The second-order valence-corrected chi connectivity index (χ2v) is 14.8. The summed E-state index contributed by atoms with van der Waals surface area (Å²) in [6.07, 6.45) is 0. The summed E-state index contributed by atoms with van der Waals surface area (Å²) >= 11 is 0. The normalized spacial score (nSPS) is 12.9. The van der Waals surface area contributed by atoms with Crippen molar-refractivity contribution in [2.75, 3.05) is 9.80 Å². The van der Waals surface area contributed by atoms with Gasteiger partial charge in [-0.2, -0.15) is 0 Å². The van der Waals surface area contributed by atoms with Crippen LogP contribution >= 0.6 is 0 Å². The monoisotopic (exact) mass is 712 g/mol. The third-order valence-electron chi connectivity index (χ3n) is 11.8. The number of benzene rings is 9. The average molecular weight is 713 g/mol. The van der Waals surface area contributed by atoms with Gasteiger partial charge in [0.15, 0.2) is 0 Å². The number of para-hydroxylation sites is 4. The van der Waals surface area contributed by atoms with Crippen molar-refractivity contribution >= 4 is 89.9 Å². The van der Waals surface area contributed by atoms with Gasteiger partial charge in [0.05, 0.1) is 0 Å². The molecule has 0 unspecified atom stereocenters. The van der Waals surface area contributed by atoms with Crippen LogP contribution in [-0.4, -0.2) is 6.71 Å². The number of hydrogen-bond donors (Lipinski definition) is 0. The fourth-order valence-electron chi connectivity index (χ4n) is 9.44. The van der Waals surface area contributed by atoms with Crippen LogP contribution < -0.4 is 26.2 Å². The fraction of sp³-hybridized carbons (Fsp3) is 0. The van der Waals surface area contributed by atoms with Crippen LogP contribution in [-0.2, 0) is 0 Å². The number of hydrogen-bond acceptors (Lipinski definition) is 3. The lowest BCUT2D eigenvalue weighted by atomic mass is 9.33. The minimum atomic E-state index is 0.0881. The van der Waals surface area contributed by atoms with Gasteiger partial charge in [0.1, 0.15) is 11.2 Å². The molecule has 56 heavy (non-hydrogen) atoms. The van der Waals surface area contributed by atoms with Crippen LogP contribution in [0.25, 0.3) is 55.0 Å². The molecule has 12 rings (SSSR count). The van der Waals surface area contributed by atoms with Crippen molar-refractivity contribution in [2.45, 2.75) is 0 Å². The van der Waals surface area contributed by atoms with Crippen molar-refractivity contribution in [2.24, 2.45) is 0 Å². The molecule has 2 aliphatic rings. The van der Waals surface area contributed by atoms with E-state index in [9.17, 15) is 0 Å². The van der Waals surface area contributed by atoms with E-state index in [0.717, 1.165) is 27.9 Å². The van der Waals surface area contributed by atoms with E-state index >= 15 is 0 Å². The molecule has 3 heterocycles. The molecule has 4 heteroatoms. The maximum atomic E-state index is 6.41. The number of fused-ring (bicyclic) bond motifs is 9. The van der Waals surface area contributed by atoms with Gasteiger partial charge in [-0.25, -0.2) is 0 Å². The summed E-state index contributed by atoms with van der Waals surface area (Å²) in [5.74, 6) is 0.